The SMILES string of the molecule is O=C(CCN1C(=O)CCC1=O)N1CCCCC1. The summed E-state index contributed by atoms with van der Waals surface area (Å²) in [4.78, 5) is 37.6. The highest BCUT2D eigenvalue weighted by molar-refractivity contribution is 6.02. The van der Waals surface area contributed by atoms with E-state index in [1.165, 1.54) is 11.3 Å². The zero-order valence-corrected chi connectivity index (χ0v) is 9.98. The molecule has 0 atom stereocenters. The van der Waals surface area contributed by atoms with Gasteiger partial charge in [0.25, 0.3) is 0 Å². The van der Waals surface area contributed by atoms with Crippen molar-refractivity contribution in [1.82, 2.24) is 9.80 Å². The molecule has 0 N–H and O–H groups in total. The van der Waals surface area contributed by atoms with Crippen LogP contribution in [0.15, 0.2) is 0 Å². The monoisotopic (exact) mass is 238 g/mol. The summed E-state index contributed by atoms with van der Waals surface area (Å²) in [5, 5.41) is 0. The second-order valence-electron chi connectivity index (χ2n) is 4.63. The molecule has 2 aliphatic rings. The summed E-state index contributed by atoms with van der Waals surface area (Å²) in [7, 11) is 0. The van der Waals surface area contributed by atoms with Crippen LogP contribution in [0.2, 0.25) is 0 Å². The molecule has 2 saturated heterocycles. The Labute approximate surface area is 101 Å². The molecule has 2 rings (SSSR count). The number of likely N-dealkylation sites (tertiary alicyclic amines) is 2. The molecule has 0 aromatic heterocycles. The summed E-state index contributed by atoms with van der Waals surface area (Å²) in [6.45, 7) is 1.90. The number of carbonyl (C=O) groups excluding carboxylic acids is 3. The maximum absolute atomic E-state index is 11.8. The lowest BCUT2D eigenvalue weighted by molar-refractivity contribution is -0.139. The third-order valence-electron chi connectivity index (χ3n) is 3.41. The number of piperidine rings is 1. The first kappa shape index (κ1) is 12.1. The van der Waals surface area contributed by atoms with E-state index < -0.39 is 0 Å². The largest absolute Gasteiger partial charge is 0.343 e. The molecule has 0 bridgehead atoms. The van der Waals surface area contributed by atoms with Crippen molar-refractivity contribution in [3.8, 4) is 0 Å². The zero-order chi connectivity index (χ0) is 12.3. The van der Waals surface area contributed by atoms with Crippen LogP contribution in [0.25, 0.3) is 0 Å². The van der Waals surface area contributed by atoms with Gasteiger partial charge in [-0.2, -0.15) is 0 Å². The predicted molar refractivity (Wildman–Crippen MR) is 61.0 cm³/mol. The molecule has 5 nitrogen and oxygen atoms in total. The lowest BCUT2D eigenvalue weighted by Crippen LogP contribution is -2.39. The van der Waals surface area contributed by atoms with Gasteiger partial charge in [0.1, 0.15) is 0 Å². The molecule has 2 fully saturated rings. The number of carbonyl (C=O) groups is 3. The molecule has 0 aromatic carbocycles. The van der Waals surface area contributed by atoms with E-state index in [0.29, 0.717) is 12.8 Å². The zero-order valence-electron chi connectivity index (χ0n) is 9.98. The Morgan fingerprint density at radius 1 is 1.00 bits per heavy atom. The van der Waals surface area contributed by atoms with Crippen LogP contribution >= 0.6 is 0 Å². The van der Waals surface area contributed by atoms with E-state index in [1.807, 2.05) is 4.90 Å². The van der Waals surface area contributed by atoms with Gasteiger partial charge in [0, 0.05) is 38.9 Å². The van der Waals surface area contributed by atoms with Gasteiger partial charge in [0.05, 0.1) is 0 Å². The number of hydrogen-bond acceptors (Lipinski definition) is 3. The van der Waals surface area contributed by atoms with Gasteiger partial charge in [-0.25, -0.2) is 0 Å². The number of nitrogens with zero attached hydrogens (tertiary/aromatic N) is 2. The average molecular weight is 238 g/mol. The number of hydrogen-bond donors (Lipinski definition) is 0. The fourth-order valence-corrected chi connectivity index (χ4v) is 2.38. The summed E-state index contributed by atoms with van der Waals surface area (Å²) in [6, 6.07) is 0. The number of rotatable bonds is 3. The third-order valence-corrected chi connectivity index (χ3v) is 3.41. The van der Waals surface area contributed by atoms with Gasteiger partial charge in [0.2, 0.25) is 17.7 Å². The van der Waals surface area contributed by atoms with E-state index in [0.717, 1.165) is 25.9 Å². The first-order valence-electron chi connectivity index (χ1n) is 6.29. The van der Waals surface area contributed by atoms with Crippen molar-refractivity contribution in [2.45, 2.75) is 38.5 Å². The van der Waals surface area contributed by atoms with E-state index in [2.05, 4.69) is 0 Å². The fourth-order valence-electron chi connectivity index (χ4n) is 2.38. The minimum absolute atomic E-state index is 0.0669. The maximum atomic E-state index is 11.8. The Morgan fingerprint density at radius 3 is 2.18 bits per heavy atom. The van der Waals surface area contributed by atoms with Gasteiger partial charge in [-0.1, -0.05) is 0 Å². The molecular formula is C12H18N2O3. The Bertz CT molecular complexity index is 319. The van der Waals surface area contributed by atoms with Crippen molar-refractivity contribution in [3.63, 3.8) is 0 Å². The molecule has 0 spiro atoms. The molecule has 0 radical (unpaired) electrons. The fraction of sp³-hybridized carbons (Fsp3) is 0.750. The molecular weight excluding hydrogens is 220 g/mol. The van der Waals surface area contributed by atoms with Gasteiger partial charge in [-0.05, 0) is 19.3 Å². The highest BCUT2D eigenvalue weighted by Gasteiger charge is 2.29. The average Bonchev–Trinajstić information content (AvgIpc) is 2.67. The van der Waals surface area contributed by atoms with Gasteiger partial charge < -0.3 is 4.90 Å². The molecule has 2 heterocycles. The molecule has 3 amide bonds. The van der Waals surface area contributed by atoms with Crippen molar-refractivity contribution in [2.24, 2.45) is 0 Å². The summed E-state index contributed by atoms with van der Waals surface area (Å²) in [6.07, 6.45) is 4.19. The van der Waals surface area contributed by atoms with E-state index >= 15 is 0 Å². The Hall–Kier alpha value is -1.39. The highest BCUT2D eigenvalue weighted by atomic mass is 16.2. The molecule has 0 saturated carbocycles. The molecule has 2 aliphatic heterocycles. The minimum Gasteiger partial charge on any atom is -0.343 e. The normalized spacial score (nSPS) is 21.2. The van der Waals surface area contributed by atoms with Gasteiger partial charge in [-0.15, -0.1) is 0 Å². The minimum atomic E-state index is -0.138. The van der Waals surface area contributed by atoms with Crippen LogP contribution < -0.4 is 0 Å². The van der Waals surface area contributed by atoms with Crippen LogP contribution in [0.3, 0.4) is 0 Å². The van der Waals surface area contributed by atoms with Gasteiger partial charge in [-0.3, -0.25) is 19.3 Å². The third kappa shape index (κ3) is 2.84. The number of amides is 3. The Morgan fingerprint density at radius 2 is 1.59 bits per heavy atom. The summed E-state index contributed by atoms with van der Waals surface area (Å²) in [5.41, 5.74) is 0. The molecule has 0 aliphatic carbocycles. The second kappa shape index (κ2) is 5.29. The quantitative estimate of drug-likeness (QED) is 0.674. The highest BCUT2D eigenvalue weighted by Crippen LogP contribution is 2.14. The smallest absolute Gasteiger partial charge is 0.229 e. The van der Waals surface area contributed by atoms with Crippen molar-refractivity contribution in [3.05, 3.63) is 0 Å². The lowest BCUT2D eigenvalue weighted by atomic mass is 10.1. The van der Waals surface area contributed by atoms with Crippen molar-refractivity contribution < 1.29 is 14.4 Å². The Kier molecular flexibility index (Phi) is 3.76. The van der Waals surface area contributed by atoms with E-state index in [1.54, 1.807) is 0 Å². The maximum Gasteiger partial charge on any atom is 0.229 e. The first-order valence-corrected chi connectivity index (χ1v) is 6.29. The second-order valence-corrected chi connectivity index (χ2v) is 4.63. The van der Waals surface area contributed by atoms with Crippen LogP contribution in [0.4, 0.5) is 0 Å². The van der Waals surface area contributed by atoms with E-state index in [-0.39, 0.29) is 30.7 Å². The standard InChI is InChI=1S/C12H18N2O3/c15-10(13-7-2-1-3-8-13)6-9-14-11(16)4-5-12(14)17/h1-9H2. The van der Waals surface area contributed by atoms with Gasteiger partial charge >= 0.3 is 0 Å². The molecule has 0 aromatic rings. The van der Waals surface area contributed by atoms with E-state index in [4.69, 9.17) is 0 Å². The van der Waals surface area contributed by atoms with Crippen LogP contribution in [0.1, 0.15) is 38.5 Å². The molecule has 17 heavy (non-hydrogen) atoms. The van der Waals surface area contributed by atoms with Gasteiger partial charge in [0.15, 0.2) is 0 Å². The topological polar surface area (TPSA) is 57.7 Å². The van der Waals surface area contributed by atoms with Crippen molar-refractivity contribution in [1.29, 1.82) is 0 Å². The molecule has 0 unspecified atom stereocenters. The van der Waals surface area contributed by atoms with Crippen LogP contribution in [0, 0.1) is 0 Å². The van der Waals surface area contributed by atoms with Crippen LogP contribution in [-0.2, 0) is 14.4 Å². The van der Waals surface area contributed by atoms with Crippen molar-refractivity contribution >= 4 is 17.7 Å². The van der Waals surface area contributed by atoms with E-state index in [9.17, 15) is 14.4 Å². The van der Waals surface area contributed by atoms with Crippen LogP contribution in [0.5, 0.6) is 0 Å². The van der Waals surface area contributed by atoms with Crippen LogP contribution in [-0.4, -0.2) is 47.2 Å². The lowest BCUT2D eigenvalue weighted by Gasteiger charge is -2.27. The first-order chi connectivity index (χ1) is 8.18. The number of imide groups is 1. The molecule has 5 heteroatoms. The van der Waals surface area contributed by atoms with Crippen molar-refractivity contribution in [2.75, 3.05) is 19.6 Å². The summed E-state index contributed by atoms with van der Waals surface area (Å²) < 4.78 is 0. The Balaban J connectivity index is 1.79. The molecule has 94 valence electrons. The summed E-state index contributed by atoms with van der Waals surface area (Å²) >= 11 is 0. The predicted octanol–water partition coefficient (Wildman–Crippen LogP) is 0.538. The summed E-state index contributed by atoms with van der Waals surface area (Å²) in [5.74, 6) is -0.208.